The van der Waals surface area contributed by atoms with Gasteiger partial charge in [-0.05, 0) is 56.3 Å². The van der Waals surface area contributed by atoms with Gasteiger partial charge in [0, 0.05) is 22.8 Å². The number of nitrogen functional groups attached to an aromatic ring is 1. The zero-order chi connectivity index (χ0) is 14.7. The van der Waals surface area contributed by atoms with E-state index in [1.807, 2.05) is 36.4 Å². The van der Waals surface area contributed by atoms with Gasteiger partial charge in [0.25, 0.3) is 0 Å². The van der Waals surface area contributed by atoms with Crippen LogP contribution in [0.15, 0.2) is 48.5 Å². The summed E-state index contributed by atoms with van der Waals surface area (Å²) in [5.74, 6) is 0. The first-order valence-corrected chi connectivity index (χ1v) is 7.19. The standard InChI is InChI=1S/C17H21ClN2/c1-12(14-6-4-8-16(18)10-14)20(3)13(2)15-7-5-9-17(19)11-15/h4-13H,19H2,1-3H3. The Morgan fingerprint density at radius 1 is 0.950 bits per heavy atom. The minimum atomic E-state index is 0.283. The molecule has 3 heteroatoms. The maximum absolute atomic E-state index is 6.08. The number of rotatable bonds is 4. The van der Waals surface area contributed by atoms with Crippen LogP contribution in [0.1, 0.15) is 37.1 Å². The molecular weight excluding hydrogens is 268 g/mol. The van der Waals surface area contributed by atoms with E-state index in [0.29, 0.717) is 0 Å². The Balaban J connectivity index is 2.20. The summed E-state index contributed by atoms with van der Waals surface area (Å²) < 4.78 is 0. The maximum atomic E-state index is 6.08. The van der Waals surface area contributed by atoms with Crippen molar-refractivity contribution in [2.75, 3.05) is 12.8 Å². The first-order chi connectivity index (χ1) is 9.49. The maximum Gasteiger partial charge on any atom is 0.0409 e. The highest BCUT2D eigenvalue weighted by atomic mass is 35.5. The summed E-state index contributed by atoms with van der Waals surface area (Å²) in [7, 11) is 2.12. The van der Waals surface area contributed by atoms with Crippen molar-refractivity contribution in [2.45, 2.75) is 25.9 Å². The number of nitrogens with two attached hydrogens (primary N) is 1. The highest BCUT2D eigenvalue weighted by molar-refractivity contribution is 6.30. The molecule has 2 atom stereocenters. The van der Waals surface area contributed by atoms with Crippen LogP contribution in [0.5, 0.6) is 0 Å². The number of hydrogen-bond acceptors (Lipinski definition) is 2. The van der Waals surface area contributed by atoms with E-state index in [1.54, 1.807) is 0 Å². The molecule has 0 amide bonds. The molecule has 0 aliphatic rings. The predicted octanol–water partition coefficient (Wildman–Crippen LogP) is 4.68. The van der Waals surface area contributed by atoms with Crippen molar-refractivity contribution in [3.63, 3.8) is 0 Å². The van der Waals surface area contributed by atoms with Crippen molar-refractivity contribution >= 4 is 17.3 Å². The van der Waals surface area contributed by atoms with Gasteiger partial charge in [0.05, 0.1) is 0 Å². The van der Waals surface area contributed by atoms with Crippen molar-refractivity contribution in [2.24, 2.45) is 0 Å². The fourth-order valence-electron chi connectivity index (χ4n) is 2.39. The lowest BCUT2D eigenvalue weighted by Crippen LogP contribution is -2.25. The average molecular weight is 289 g/mol. The molecule has 0 aliphatic heterocycles. The van der Waals surface area contributed by atoms with Crippen LogP contribution < -0.4 is 5.73 Å². The number of hydrogen-bond donors (Lipinski definition) is 1. The molecule has 2 N–H and O–H groups in total. The third-order valence-corrected chi connectivity index (χ3v) is 4.18. The zero-order valence-corrected chi connectivity index (χ0v) is 12.9. The Kier molecular flexibility index (Phi) is 4.69. The molecule has 0 fully saturated rings. The van der Waals surface area contributed by atoms with Crippen LogP contribution in [0, 0.1) is 0 Å². The van der Waals surface area contributed by atoms with Crippen LogP contribution in [-0.4, -0.2) is 11.9 Å². The second kappa shape index (κ2) is 6.29. The normalized spacial score (nSPS) is 14.2. The molecule has 0 aliphatic carbocycles. The molecule has 2 aromatic rings. The molecule has 0 spiro atoms. The van der Waals surface area contributed by atoms with Crippen LogP contribution in [-0.2, 0) is 0 Å². The van der Waals surface area contributed by atoms with Gasteiger partial charge in [-0.25, -0.2) is 0 Å². The molecular formula is C17H21ClN2. The average Bonchev–Trinajstić information content (AvgIpc) is 2.45. The Morgan fingerprint density at radius 3 is 2.05 bits per heavy atom. The number of anilines is 1. The summed E-state index contributed by atoms with van der Waals surface area (Å²) in [6.07, 6.45) is 0. The molecule has 0 aromatic heterocycles. The van der Waals surface area contributed by atoms with Gasteiger partial charge < -0.3 is 5.73 Å². The molecule has 106 valence electrons. The molecule has 2 aromatic carbocycles. The second-order valence-corrected chi connectivity index (χ2v) is 5.68. The summed E-state index contributed by atoms with van der Waals surface area (Å²) in [4.78, 5) is 2.32. The fraction of sp³-hybridized carbons (Fsp3) is 0.294. The van der Waals surface area contributed by atoms with Crippen LogP contribution in [0.2, 0.25) is 5.02 Å². The van der Waals surface area contributed by atoms with Gasteiger partial charge in [-0.15, -0.1) is 0 Å². The Morgan fingerprint density at radius 2 is 1.50 bits per heavy atom. The van der Waals surface area contributed by atoms with E-state index in [1.165, 1.54) is 11.1 Å². The summed E-state index contributed by atoms with van der Waals surface area (Å²) >= 11 is 6.08. The van der Waals surface area contributed by atoms with E-state index in [-0.39, 0.29) is 12.1 Å². The van der Waals surface area contributed by atoms with Gasteiger partial charge in [0.1, 0.15) is 0 Å². The van der Waals surface area contributed by atoms with Crippen molar-refractivity contribution < 1.29 is 0 Å². The lowest BCUT2D eigenvalue weighted by Gasteiger charge is -2.31. The van der Waals surface area contributed by atoms with Gasteiger partial charge in [0.2, 0.25) is 0 Å². The predicted molar refractivity (Wildman–Crippen MR) is 86.9 cm³/mol. The van der Waals surface area contributed by atoms with E-state index in [2.05, 4.69) is 37.9 Å². The molecule has 2 nitrogen and oxygen atoms in total. The van der Waals surface area contributed by atoms with E-state index in [9.17, 15) is 0 Å². The van der Waals surface area contributed by atoms with E-state index >= 15 is 0 Å². The Labute approximate surface area is 126 Å². The molecule has 2 unspecified atom stereocenters. The van der Waals surface area contributed by atoms with E-state index in [0.717, 1.165) is 10.7 Å². The first-order valence-electron chi connectivity index (χ1n) is 6.82. The third kappa shape index (κ3) is 3.33. The van der Waals surface area contributed by atoms with E-state index < -0.39 is 0 Å². The lowest BCUT2D eigenvalue weighted by atomic mass is 10.0. The zero-order valence-electron chi connectivity index (χ0n) is 12.2. The SMILES string of the molecule is CC(c1cccc(N)c1)N(C)C(C)c1cccc(Cl)c1. The molecule has 0 bridgehead atoms. The minimum absolute atomic E-state index is 0.283. The van der Waals surface area contributed by atoms with Crippen LogP contribution in [0.4, 0.5) is 5.69 Å². The van der Waals surface area contributed by atoms with Gasteiger partial charge in [-0.3, -0.25) is 4.90 Å². The Hall–Kier alpha value is -1.51. The largest absolute Gasteiger partial charge is 0.399 e. The fourth-order valence-corrected chi connectivity index (χ4v) is 2.59. The van der Waals surface area contributed by atoms with Crippen LogP contribution in [0.3, 0.4) is 0 Å². The van der Waals surface area contributed by atoms with Crippen molar-refractivity contribution in [3.05, 3.63) is 64.7 Å². The monoisotopic (exact) mass is 288 g/mol. The van der Waals surface area contributed by atoms with Crippen LogP contribution >= 0.6 is 11.6 Å². The Bertz CT molecular complexity index is 531. The topological polar surface area (TPSA) is 29.3 Å². The molecule has 20 heavy (non-hydrogen) atoms. The van der Waals surface area contributed by atoms with Gasteiger partial charge in [-0.2, -0.15) is 0 Å². The molecule has 0 saturated heterocycles. The first kappa shape index (κ1) is 14.9. The minimum Gasteiger partial charge on any atom is -0.399 e. The highest BCUT2D eigenvalue weighted by Gasteiger charge is 2.19. The molecule has 2 rings (SSSR count). The summed E-state index contributed by atoms with van der Waals surface area (Å²) in [5.41, 5.74) is 9.11. The summed E-state index contributed by atoms with van der Waals surface area (Å²) in [6.45, 7) is 4.38. The van der Waals surface area contributed by atoms with Crippen LogP contribution in [0.25, 0.3) is 0 Å². The van der Waals surface area contributed by atoms with Crippen molar-refractivity contribution in [1.82, 2.24) is 4.90 Å². The summed E-state index contributed by atoms with van der Waals surface area (Å²) in [6, 6.07) is 16.7. The quantitative estimate of drug-likeness (QED) is 0.828. The molecule has 0 heterocycles. The van der Waals surface area contributed by atoms with Crippen molar-refractivity contribution in [1.29, 1.82) is 0 Å². The molecule has 0 saturated carbocycles. The summed E-state index contributed by atoms with van der Waals surface area (Å²) in [5, 5.41) is 0.777. The van der Waals surface area contributed by atoms with Gasteiger partial charge >= 0.3 is 0 Å². The number of benzene rings is 2. The van der Waals surface area contributed by atoms with Gasteiger partial charge in [-0.1, -0.05) is 35.9 Å². The number of halogens is 1. The second-order valence-electron chi connectivity index (χ2n) is 5.24. The van der Waals surface area contributed by atoms with Gasteiger partial charge in [0.15, 0.2) is 0 Å². The number of nitrogens with zero attached hydrogens (tertiary/aromatic N) is 1. The van der Waals surface area contributed by atoms with E-state index in [4.69, 9.17) is 17.3 Å². The smallest absolute Gasteiger partial charge is 0.0409 e. The highest BCUT2D eigenvalue weighted by Crippen LogP contribution is 2.30. The lowest BCUT2D eigenvalue weighted by molar-refractivity contribution is 0.199. The molecule has 0 radical (unpaired) electrons. The third-order valence-electron chi connectivity index (χ3n) is 3.95. The van der Waals surface area contributed by atoms with Crippen molar-refractivity contribution in [3.8, 4) is 0 Å².